The first-order valence-corrected chi connectivity index (χ1v) is 12.1. The zero-order valence-corrected chi connectivity index (χ0v) is 24.5. The van der Waals surface area contributed by atoms with Crippen molar-refractivity contribution in [3.8, 4) is 0 Å². The van der Waals surface area contributed by atoms with Crippen LogP contribution < -0.4 is 10.4 Å². The molecule has 0 spiro atoms. The minimum atomic E-state index is -0.518. The average molecular weight is 537 g/mol. The van der Waals surface area contributed by atoms with Crippen molar-refractivity contribution in [2.45, 2.75) is 40.0 Å². The lowest BCUT2D eigenvalue weighted by atomic mass is 10.0. The number of carbonyl (C=O) groups is 2. The molecule has 1 heterocycles. The van der Waals surface area contributed by atoms with Gasteiger partial charge in [-0.25, -0.2) is 5.01 Å². The van der Waals surface area contributed by atoms with Crippen LogP contribution in [-0.2, 0) is 14.3 Å². The molecule has 3 N–H and O–H groups in total. The molecule has 38 heavy (non-hydrogen) atoms. The van der Waals surface area contributed by atoms with Gasteiger partial charge in [0.05, 0.1) is 18.9 Å². The molecule has 1 aromatic rings. The summed E-state index contributed by atoms with van der Waals surface area (Å²) in [5.74, 6) is -0.850. The Bertz CT molecular complexity index is 565. The van der Waals surface area contributed by atoms with E-state index in [1.54, 1.807) is 12.1 Å². The number of aliphatic hydroxyl groups excluding tert-OH is 2. The Morgan fingerprint density at radius 2 is 1.16 bits per heavy atom. The quantitative estimate of drug-likeness (QED) is 0.266. The van der Waals surface area contributed by atoms with Crippen LogP contribution in [0.4, 0.5) is 5.69 Å². The molecule has 0 bridgehead atoms. The van der Waals surface area contributed by atoms with Crippen molar-refractivity contribution in [3.05, 3.63) is 109 Å². The Morgan fingerprint density at radius 3 is 1.45 bits per heavy atom. The summed E-state index contributed by atoms with van der Waals surface area (Å²) in [6.45, 7) is 43.5. The fourth-order valence-corrected chi connectivity index (χ4v) is 2.15. The van der Waals surface area contributed by atoms with Crippen LogP contribution in [-0.4, -0.2) is 48.5 Å². The number of aliphatic hydroxyl groups is 2. The van der Waals surface area contributed by atoms with E-state index in [0.717, 1.165) is 26.1 Å². The van der Waals surface area contributed by atoms with E-state index in [2.05, 4.69) is 84.4 Å². The number of rotatable bonds is 7. The number of carbonyl (C=O) groups excluding carboxylic acids is 2. The smallest absolute Gasteiger partial charge is 0.258 e. The van der Waals surface area contributed by atoms with Crippen LogP contribution in [0.3, 0.4) is 0 Å². The van der Waals surface area contributed by atoms with E-state index < -0.39 is 5.92 Å². The van der Waals surface area contributed by atoms with Gasteiger partial charge in [-0.05, 0) is 32.4 Å². The predicted octanol–water partition coefficient (Wildman–Crippen LogP) is 6.70. The molecule has 1 atom stereocenters. The summed E-state index contributed by atoms with van der Waals surface area (Å²) in [6.07, 6.45) is 2.51. The van der Waals surface area contributed by atoms with Gasteiger partial charge in [0.1, 0.15) is 5.92 Å². The molecular weight excluding hydrogens is 480 g/mol. The SMILES string of the molecule is C=C.C=C.C=C.C=C.C=C.C=C.CCCCC1C(=O)NN(c2ccccc2)C1=O.CCOCC.OCCO. The van der Waals surface area contributed by atoms with Gasteiger partial charge in [0.2, 0.25) is 0 Å². The van der Waals surface area contributed by atoms with E-state index in [-0.39, 0.29) is 25.0 Å². The van der Waals surface area contributed by atoms with Gasteiger partial charge in [-0.3, -0.25) is 15.0 Å². The van der Waals surface area contributed by atoms with Crippen LogP contribution in [0, 0.1) is 5.92 Å². The summed E-state index contributed by atoms with van der Waals surface area (Å²) < 4.78 is 4.83. The van der Waals surface area contributed by atoms with Gasteiger partial charge >= 0.3 is 0 Å². The van der Waals surface area contributed by atoms with Crippen molar-refractivity contribution in [1.29, 1.82) is 0 Å². The number of ether oxygens (including phenoxy) is 1. The number of amides is 2. The number of nitrogens with one attached hydrogen (secondary N) is 1. The lowest BCUT2D eigenvalue weighted by molar-refractivity contribution is -0.127. The average Bonchev–Trinajstić information content (AvgIpc) is 3.31. The highest BCUT2D eigenvalue weighted by Gasteiger charge is 2.39. The molecule has 220 valence electrons. The molecule has 2 rings (SSSR count). The maximum atomic E-state index is 12.1. The van der Waals surface area contributed by atoms with Crippen LogP contribution in [0.25, 0.3) is 0 Å². The molecule has 1 aliphatic rings. The van der Waals surface area contributed by atoms with Gasteiger partial charge in [-0.1, -0.05) is 38.0 Å². The molecule has 1 unspecified atom stereocenters. The molecule has 0 radical (unpaired) electrons. The molecule has 1 saturated heterocycles. The monoisotopic (exact) mass is 536 g/mol. The molecule has 2 amide bonds. The number of hydrazine groups is 1. The molecule has 1 aliphatic heterocycles. The Balaban J connectivity index is -0.0000000765. The van der Waals surface area contributed by atoms with Crippen molar-refractivity contribution >= 4 is 17.5 Å². The Labute approximate surface area is 234 Å². The second-order valence-electron chi connectivity index (χ2n) is 5.41. The molecule has 1 aromatic carbocycles. The van der Waals surface area contributed by atoms with Crippen molar-refractivity contribution < 1.29 is 24.5 Å². The van der Waals surface area contributed by atoms with Crippen molar-refractivity contribution in [1.82, 2.24) is 5.43 Å². The van der Waals surface area contributed by atoms with Crippen LogP contribution in [0.5, 0.6) is 0 Å². The number of para-hydroxylation sites is 1. The Kier molecular flexibility index (Phi) is 73.3. The molecule has 7 nitrogen and oxygen atoms in total. The number of nitrogens with zero attached hydrogens (tertiary/aromatic N) is 1. The fraction of sp³-hybridized carbons (Fsp3) is 0.355. The molecule has 0 saturated carbocycles. The second kappa shape index (κ2) is 54.4. The molecule has 0 aromatic heterocycles. The van der Waals surface area contributed by atoms with Gasteiger partial charge in [0.25, 0.3) is 11.8 Å². The number of hydrogen-bond donors (Lipinski definition) is 3. The lowest BCUT2D eigenvalue weighted by Gasteiger charge is -2.14. The Morgan fingerprint density at radius 1 is 0.763 bits per heavy atom. The highest BCUT2D eigenvalue weighted by atomic mass is 16.5. The second-order valence-corrected chi connectivity index (χ2v) is 5.41. The topological polar surface area (TPSA) is 99.1 Å². The van der Waals surface area contributed by atoms with Crippen LogP contribution in [0.15, 0.2) is 109 Å². The summed E-state index contributed by atoms with van der Waals surface area (Å²) in [7, 11) is 0. The largest absolute Gasteiger partial charge is 0.394 e. The van der Waals surface area contributed by atoms with E-state index in [4.69, 9.17) is 14.9 Å². The zero-order chi connectivity index (χ0) is 31.8. The first kappa shape index (κ1) is 51.2. The molecule has 7 heteroatoms. The van der Waals surface area contributed by atoms with Crippen LogP contribution in [0.1, 0.15) is 40.0 Å². The van der Waals surface area contributed by atoms with Crippen LogP contribution in [0.2, 0.25) is 0 Å². The van der Waals surface area contributed by atoms with Crippen LogP contribution >= 0.6 is 0 Å². The summed E-state index contributed by atoms with van der Waals surface area (Å²) in [4.78, 5) is 23.8. The Hall–Kier alpha value is -3.52. The highest BCUT2D eigenvalue weighted by Crippen LogP contribution is 2.22. The van der Waals surface area contributed by atoms with E-state index in [9.17, 15) is 9.59 Å². The fourth-order valence-electron chi connectivity index (χ4n) is 2.15. The first-order valence-electron chi connectivity index (χ1n) is 12.1. The third-order valence-corrected chi connectivity index (χ3v) is 3.43. The number of unbranched alkanes of at least 4 members (excludes halogenated alkanes) is 1. The maximum Gasteiger partial charge on any atom is 0.258 e. The highest BCUT2D eigenvalue weighted by molar-refractivity contribution is 6.14. The van der Waals surface area contributed by atoms with E-state index >= 15 is 0 Å². The predicted molar refractivity (Wildman–Crippen MR) is 169 cm³/mol. The van der Waals surface area contributed by atoms with Crippen molar-refractivity contribution in [2.24, 2.45) is 5.92 Å². The third-order valence-electron chi connectivity index (χ3n) is 3.43. The molecular formula is C31H56N2O5. The summed E-state index contributed by atoms with van der Waals surface area (Å²) in [6, 6.07) is 9.17. The van der Waals surface area contributed by atoms with E-state index in [0.29, 0.717) is 12.1 Å². The standard InChI is InChI=1S/C13H16N2O2.C4H10O.C2H6O2.6C2H4/c1-2-3-9-11-12(16)14-15(13(11)17)10-7-5-4-6-8-10;1-3-5-4-2;3-1-2-4;6*1-2/h4-8,11H,2-3,9H2,1H3,(H,14,16);3-4H2,1-2H3;3-4H,1-2H2;6*1-2H2. The summed E-state index contributed by atoms with van der Waals surface area (Å²) in [5.41, 5.74) is 3.34. The normalized spacial score (nSPS) is 11.3. The van der Waals surface area contributed by atoms with Gasteiger partial charge in [-0.2, -0.15) is 0 Å². The maximum absolute atomic E-state index is 12.1. The van der Waals surface area contributed by atoms with Crippen molar-refractivity contribution in [2.75, 3.05) is 31.4 Å². The van der Waals surface area contributed by atoms with Crippen molar-refractivity contribution in [3.63, 3.8) is 0 Å². The minimum Gasteiger partial charge on any atom is -0.394 e. The van der Waals surface area contributed by atoms with Gasteiger partial charge < -0.3 is 14.9 Å². The molecule has 1 fully saturated rings. The van der Waals surface area contributed by atoms with E-state index in [1.807, 2.05) is 39.0 Å². The third kappa shape index (κ3) is 32.5. The first-order chi connectivity index (χ1) is 18.6. The van der Waals surface area contributed by atoms with Gasteiger partial charge in [0, 0.05) is 13.2 Å². The number of hydrogen-bond acceptors (Lipinski definition) is 5. The lowest BCUT2D eigenvalue weighted by Crippen LogP contribution is -2.35. The molecule has 0 aliphatic carbocycles. The summed E-state index contributed by atoms with van der Waals surface area (Å²) >= 11 is 0. The van der Waals surface area contributed by atoms with E-state index in [1.165, 1.54) is 5.01 Å². The zero-order valence-electron chi connectivity index (χ0n) is 24.5. The minimum absolute atomic E-state index is 0.125. The number of benzene rings is 1. The summed E-state index contributed by atoms with van der Waals surface area (Å²) in [5, 5.41) is 16.6. The van der Waals surface area contributed by atoms with Gasteiger partial charge in [-0.15, -0.1) is 78.9 Å². The van der Waals surface area contributed by atoms with Gasteiger partial charge in [0.15, 0.2) is 0 Å². The number of anilines is 1.